The van der Waals surface area contributed by atoms with E-state index in [2.05, 4.69) is 151 Å². The zero-order valence-corrected chi connectivity index (χ0v) is 41.6. The SMILES string of the molecule is O[C@H]1[C@H](OC(c2ccccc2)(c2ccccc2)c2ccccc2)[C@H](n2cnc3c(NC(c4ccccc4)(c4ccccc4)c4ccccc4)ncnc32)O[C@@H]1COC(c1ccccc1)(c1ccccc1)c1ccccc1. The molecule has 1 saturated heterocycles. The fourth-order valence-corrected chi connectivity index (χ4v) is 11.2. The van der Waals surface area contributed by atoms with E-state index in [9.17, 15) is 5.11 Å². The number of benzene rings is 9. The normalized spacial score (nSPS) is 16.9. The molecule has 2 aromatic heterocycles. The van der Waals surface area contributed by atoms with Gasteiger partial charge < -0.3 is 24.6 Å². The van der Waals surface area contributed by atoms with Crippen LogP contribution in [0.25, 0.3) is 11.2 Å². The molecule has 9 heteroatoms. The van der Waals surface area contributed by atoms with E-state index < -0.39 is 41.3 Å². The van der Waals surface area contributed by atoms with Crippen LogP contribution in [-0.2, 0) is 31.0 Å². The van der Waals surface area contributed by atoms with Gasteiger partial charge in [-0.1, -0.05) is 273 Å². The van der Waals surface area contributed by atoms with Crippen molar-refractivity contribution >= 4 is 17.0 Å². The molecular formula is C67H55N5O4. The summed E-state index contributed by atoms with van der Waals surface area (Å²) in [4.78, 5) is 15.0. The van der Waals surface area contributed by atoms with E-state index in [-0.39, 0.29) is 6.61 Å². The monoisotopic (exact) mass is 993 g/mol. The van der Waals surface area contributed by atoms with Gasteiger partial charge in [0.15, 0.2) is 23.2 Å². The van der Waals surface area contributed by atoms with Crippen molar-refractivity contribution in [2.45, 2.75) is 41.3 Å². The van der Waals surface area contributed by atoms with Crippen LogP contribution in [0.4, 0.5) is 5.82 Å². The number of aliphatic hydroxyl groups excluding tert-OH is 1. The number of rotatable bonds is 17. The highest BCUT2D eigenvalue weighted by Crippen LogP contribution is 2.48. The van der Waals surface area contributed by atoms with E-state index in [0.717, 1.165) is 50.1 Å². The largest absolute Gasteiger partial charge is 0.387 e. The highest BCUT2D eigenvalue weighted by atomic mass is 16.6. The van der Waals surface area contributed by atoms with Crippen LogP contribution in [-0.4, -0.2) is 49.5 Å². The zero-order chi connectivity index (χ0) is 51.2. The van der Waals surface area contributed by atoms with Crippen molar-refractivity contribution in [3.8, 4) is 0 Å². The molecule has 1 aliphatic rings. The van der Waals surface area contributed by atoms with E-state index in [1.807, 2.05) is 132 Å². The Bertz CT molecular complexity index is 3310. The fraction of sp³-hybridized carbons (Fsp3) is 0.119. The summed E-state index contributed by atoms with van der Waals surface area (Å²) in [6.07, 6.45) is -0.951. The van der Waals surface area contributed by atoms with E-state index in [1.54, 1.807) is 12.7 Å². The van der Waals surface area contributed by atoms with Crippen molar-refractivity contribution < 1.29 is 19.3 Å². The second-order valence-corrected chi connectivity index (χ2v) is 19.0. The molecule has 1 aliphatic heterocycles. The second kappa shape index (κ2) is 21.2. The van der Waals surface area contributed by atoms with Gasteiger partial charge in [0.1, 0.15) is 41.4 Å². The standard InChI is InChI=1S/C67H55N5O4/c73-60-58(46-74-66(52-34-16-4-17-35-52,53-36-18-5-19-37-53)54-38-20-6-21-39-54)75-64(61(60)76-67(55-40-22-7-23-41-55,56-42-24-8-25-43-56)57-44-26-9-27-45-57)72-48-70-59-62(68-47-69-63(59)72)71-65(49-28-10-1-11-29-49,50-30-12-2-13-31-50)51-32-14-3-15-33-51/h1-45,47-48,58,60-61,64,73H,46H2,(H,68,69,71)/t58-,60-,61+,64-/m1/s1. The third-order valence-corrected chi connectivity index (χ3v) is 14.7. The molecule has 0 unspecified atom stereocenters. The van der Waals surface area contributed by atoms with Gasteiger partial charge in [-0.15, -0.1) is 0 Å². The maximum absolute atomic E-state index is 13.3. The molecule has 2 N–H and O–H groups in total. The van der Waals surface area contributed by atoms with Crippen LogP contribution in [0.2, 0.25) is 0 Å². The van der Waals surface area contributed by atoms with E-state index >= 15 is 0 Å². The lowest BCUT2D eigenvalue weighted by molar-refractivity contribution is -0.122. The molecule has 9 nitrogen and oxygen atoms in total. The highest BCUT2D eigenvalue weighted by molar-refractivity contribution is 5.84. The number of ether oxygens (including phenoxy) is 3. The minimum atomic E-state index is -1.25. The highest BCUT2D eigenvalue weighted by Gasteiger charge is 2.53. The number of aliphatic hydroxyl groups is 1. The maximum atomic E-state index is 13.3. The Morgan fingerprint density at radius 2 is 0.776 bits per heavy atom. The van der Waals surface area contributed by atoms with Gasteiger partial charge >= 0.3 is 0 Å². The van der Waals surface area contributed by atoms with Crippen molar-refractivity contribution in [1.82, 2.24) is 19.5 Å². The quantitative estimate of drug-likeness (QED) is 0.0870. The minimum absolute atomic E-state index is 0.0343. The predicted molar refractivity (Wildman–Crippen MR) is 297 cm³/mol. The average Bonchev–Trinajstić information content (AvgIpc) is 4.09. The molecule has 1 fully saturated rings. The zero-order valence-electron chi connectivity index (χ0n) is 41.6. The number of fused-ring (bicyclic) bond motifs is 1. The number of nitrogens with zero attached hydrogens (tertiary/aromatic N) is 4. The molecule has 372 valence electrons. The molecule has 11 aromatic rings. The van der Waals surface area contributed by atoms with E-state index in [4.69, 9.17) is 29.2 Å². The molecule has 9 aromatic carbocycles. The third kappa shape index (κ3) is 8.65. The van der Waals surface area contributed by atoms with Crippen molar-refractivity contribution in [3.63, 3.8) is 0 Å². The Morgan fingerprint density at radius 1 is 0.434 bits per heavy atom. The number of imidazole rings is 1. The summed E-state index contributed by atoms with van der Waals surface area (Å²) in [5, 5.41) is 17.2. The molecule has 4 atom stereocenters. The number of hydrogen-bond acceptors (Lipinski definition) is 8. The predicted octanol–water partition coefficient (Wildman–Crippen LogP) is 12.9. The van der Waals surface area contributed by atoms with Gasteiger partial charge in [0.25, 0.3) is 0 Å². The first kappa shape index (κ1) is 48.1. The van der Waals surface area contributed by atoms with Gasteiger partial charge in [0.05, 0.1) is 12.9 Å². The molecule has 12 rings (SSSR count). The smallest absolute Gasteiger partial charge is 0.167 e. The van der Waals surface area contributed by atoms with Gasteiger partial charge in [-0.25, -0.2) is 15.0 Å². The Balaban J connectivity index is 1.02. The molecule has 3 heterocycles. The summed E-state index contributed by atoms with van der Waals surface area (Å²) in [7, 11) is 0. The lowest BCUT2D eigenvalue weighted by Crippen LogP contribution is -2.45. The summed E-state index contributed by atoms with van der Waals surface area (Å²) in [5.74, 6) is 0.502. The van der Waals surface area contributed by atoms with Crippen molar-refractivity contribution in [1.29, 1.82) is 0 Å². The van der Waals surface area contributed by atoms with Gasteiger partial charge in [-0.05, 0) is 50.1 Å². The van der Waals surface area contributed by atoms with Crippen LogP contribution in [0.15, 0.2) is 286 Å². The second-order valence-electron chi connectivity index (χ2n) is 19.0. The maximum Gasteiger partial charge on any atom is 0.167 e. The number of anilines is 1. The number of nitrogens with one attached hydrogen (secondary N) is 1. The average molecular weight is 994 g/mol. The lowest BCUT2D eigenvalue weighted by atomic mass is 9.77. The molecule has 0 radical (unpaired) electrons. The first-order valence-corrected chi connectivity index (χ1v) is 25.7. The third-order valence-electron chi connectivity index (χ3n) is 14.7. The summed E-state index contributed by atoms with van der Waals surface area (Å²) in [6, 6.07) is 92.3. The minimum Gasteiger partial charge on any atom is -0.387 e. The van der Waals surface area contributed by atoms with Gasteiger partial charge in [-0.3, -0.25) is 4.57 Å². The van der Waals surface area contributed by atoms with Crippen LogP contribution >= 0.6 is 0 Å². The number of hydrogen-bond donors (Lipinski definition) is 2. The Labute approximate surface area is 442 Å². The van der Waals surface area contributed by atoms with E-state index in [1.165, 1.54) is 0 Å². The molecule has 0 bridgehead atoms. The van der Waals surface area contributed by atoms with Crippen molar-refractivity contribution in [3.05, 3.63) is 336 Å². The van der Waals surface area contributed by atoms with Gasteiger partial charge in [-0.2, -0.15) is 0 Å². The lowest BCUT2D eigenvalue weighted by Gasteiger charge is -2.40. The van der Waals surface area contributed by atoms with Crippen molar-refractivity contribution in [2.24, 2.45) is 0 Å². The van der Waals surface area contributed by atoms with Crippen LogP contribution in [0, 0.1) is 0 Å². The summed E-state index contributed by atoms with van der Waals surface area (Å²) >= 11 is 0. The molecule has 0 aliphatic carbocycles. The first-order chi connectivity index (χ1) is 37.6. The Morgan fingerprint density at radius 3 is 1.14 bits per heavy atom. The number of aromatic nitrogens is 4. The summed E-state index contributed by atoms with van der Waals surface area (Å²) in [5.41, 5.74) is 6.15. The Kier molecular flexibility index (Phi) is 13.4. The molecule has 0 amide bonds. The van der Waals surface area contributed by atoms with E-state index in [0.29, 0.717) is 17.0 Å². The Hall–Kier alpha value is -8.83. The molecular weight excluding hydrogens is 939 g/mol. The summed E-state index contributed by atoms with van der Waals surface area (Å²) < 4.78 is 24.4. The molecule has 0 spiro atoms. The molecule has 76 heavy (non-hydrogen) atoms. The van der Waals surface area contributed by atoms with Crippen molar-refractivity contribution in [2.75, 3.05) is 11.9 Å². The van der Waals surface area contributed by atoms with Gasteiger partial charge in [0.2, 0.25) is 0 Å². The van der Waals surface area contributed by atoms with Crippen LogP contribution in [0.1, 0.15) is 56.3 Å². The topological polar surface area (TPSA) is 104 Å². The first-order valence-electron chi connectivity index (χ1n) is 25.7. The molecule has 0 saturated carbocycles. The van der Waals surface area contributed by atoms with Crippen LogP contribution in [0.5, 0.6) is 0 Å². The fourth-order valence-electron chi connectivity index (χ4n) is 11.2. The van der Waals surface area contributed by atoms with Crippen LogP contribution in [0.3, 0.4) is 0 Å². The summed E-state index contributed by atoms with van der Waals surface area (Å²) in [6.45, 7) is -0.0343. The van der Waals surface area contributed by atoms with Crippen LogP contribution < -0.4 is 5.32 Å². The van der Waals surface area contributed by atoms with Gasteiger partial charge in [0, 0.05) is 0 Å².